The first-order valence-corrected chi connectivity index (χ1v) is 9.44. The normalized spacial score (nSPS) is 10.2. The van der Waals surface area contributed by atoms with Crippen molar-refractivity contribution in [3.63, 3.8) is 0 Å². The fourth-order valence-electron chi connectivity index (χ4n) is 2.60. The number of amides is 2. The second kappa shape index (κ2) is 10.8. The summed E-state index contributed by atoms with van der Waals surface area (Å²) in [5.41, 5.74) is 1.15. The SMILES string of the molecule is COc1cc(C(=O)NCC(=O)NCCc2ccc(Cl)cc2Cl)cc(OC)c1OC. The number of carbonyl (C=O) groups excluding carboxylic acids is 2. The largest absolute Gasteiger partial charge is 0.493 e. The van der Waals surface area contributed by atoms with Crippen LogP contribution in [0.25, 0.3) is 0 Å². The van der Waals surface area contributed by atoms with Crippen molar-refractivity contribution in [1.29, 1.82) is 0 Å². The molecule has 29 heavy (non-hydrogen) atoms. The van der Waals surface area contributed by atoms with E-state index < -0.39 is 5.91 Å². The van der Waals surface area contributed by atoms with Crippen molar-refractivity contribution in [3.8, 4) is 17.2 Å². The molecule has 0 atom stereocenters. The van der Waals surface area contributed by atoms with Gasteiger partial charge in [-0.05, 0) is 36.2 Å². The third-order valence-corrected chi connectivity index (χ3v) is 4.65. The summed E-state index contributed by atoms with van der Waals surface area (Å²) in [6, 6.07) is 8.22. The van der Waals surface area contributed by atoms with Gasteiger partial charge in [-0.3, -0.25) is 9.59 Å². The predicted molar refractivity (Wildman–Crippen MR) is 112 cm³/mol. The highest BCUT2D eigenvalue weighted by Gasteiger charge is 2.17. The zero-order valence-corrected chi connectivity index (χ0v) is 17.8. The van der Waals surface area contributed by atoms with E-state index in [-0.39, 0.29) is 18.0 Å². The number of carbonyl (C=O) groups is 2. The zero-order valence-electron chi connectivity index (χ0n) is 16.3. The number of benzene rings is 2. The van der Waals surface area contributed by atoms with E-state index in [0.717, 1.165) is 5.56 Å². The van der Waals surface area contributed by atoms with E-state index in [0.29, 0.717) is 40.3 Å². The van der Waals surface area contributed by atoms with E-state index >= 15 is 0 Å². The smallest absolute Gasteiger partial charge is 0.251 e. The molecule has 0 saturated carbocycles. The van der Waals surface area contributed by atoms with Crippen molar-refractivity contribution >= 4 is 35.0 Å². The lowest BCUT2D eigenvalue weighted by atomic mass is 10.1. The van der Waals surface area contributed by atoms with Crippen LogP contribution in [0.3, 0.4) is 0 Å². The molecule has 0 aliphatic heterocycles. The fraction of sp³-hybridized carbons (Fsp3) is 0.300. The van der Waals surface area contributed by atoms with Crippen LogP contribution in [0.1, 0.15) is 15.9 Å². The Morgan fingerprint density at radius 3 is 2.14 bits per heavy atom. The summed E-state index contributed by atoms with van der Waals surface area (Å²) < 4.78 is 15.7. The van der Waals surface area contributed by atoms with Crippen LogP contribution in [-0.2, 0) is 11.2 Å². The number of halogens is 2. The van der Waals surface area contributed by atoms with Crippen molar-refractivity contribution < 1.29 is 23.8 Å². The lowest BCUT2D eigenvalue weighted by Gasteiger charge is -2.14. The topological polar surface area (TPSA) is 85.9 Å². The Kier molecular flexibility index (Phi) is 8.42. The van der Waals surface area contributed by atoms with Crippen molar-refractivity contribution in [2.24, 2.45) is 0 Å². The van der Waals surface area contributed by atoms with Gasteiger partial charge in [0.05, 0.1) is 27.9 Å². The lowest BCUT2D eigenvalue weighted by Crippen LogP contribution is -2.37. The third-order valence-electron chi connectivity index (χ3n) is 4.07. The van der Waals surface area contributed by atoms with E-state index in [9.17, 15) is 9.59 Å². The minimum atomic E-state index is -0.444. The number of methoxy groups -OCH3 is 3. The van der Waals surface area contributed by atoms with Crippen LogP contribution in [0.15, 0.2) is 30.3 Å². The minimum Gasteiger partial charge on any atom is -0.493 e. The van der Waals surface area contributed by atoms with Gasteiger partial charge in [-0.25, -0.2) is 0 Å². The maximum absolute atomic E-state index is 12.4. The van der Waals surface area contributed by atoms with Crippen LogP contribution in [0.2, 0.25) is 10.0 Å². The highest BCUT2D eigenvalue weighted by atomic mass is 35.5. The van der Waals surface area contributed by atoms with Gasteiger partial charge in [-0.2, -0.15) is 0 Å². The average Bonchev–Trinajstić information content (AvgIpc) is 2.72. The summed E-state index contributed by atoms with van der Waals surface area (Å²) in [7, 11) is 4.39. The summed E-state index contributed by atoms with van der Waals surface area (Å²) >= 11 is 12.0. The van der Waals surface area contributed by atoms with Gasteiger partial charge in [0.1, 0.15) is 0 Å². The summed E-state index contributed by atoms with van der Waals surface area (Å²) in [6.07, 6.45) is 0.544. The second-order valence-corrected chi connectivity index (χ2v) is 6.78. The van der Waals surface area contributed by atoms with Crippen LogP contribution in [0.4, 0.5) is 0 Å². The van der Waals surface area contributed by atoms with E-state index in [1.54, 1.807) is 12.1 Å². The average molecular weight is 441 g/mol. The van der Waals surface area contributed by atoms with Gasteiger partial charge in [0, 0.05) is 22.2 Å². The van der Waals surface area contributed by atoms with Gasteiger partial charge >= 0.3 is 0 Å². The molecule has 0 unspecified atom stereocenters. The molecule has 2 aromatic carbocycles. The Bertz CT molecular complexity index is 864. The number of hydrogen-bond acceptors (Lipinski definition) is 5. The molecule has 156 valence electrons. The Morgan fingerprint density at radius 1 is 0.931 bits per heavy atom. The van der Waals surface area contributed by atoms with E-state index in [1.165, 1.54) is 33.5 Å². The number of ether oxygens (including phenoxy) is 3. The Balaban J connectivity index is 1.89. The molecular formula is C20H22Cl2N2O5. The molecule has 0 aliphatic carbocycles. The monoisotopic (exact) mass is 440 g/mol. The van der Waals surface area contributed by atoms with Crippen LogP contribution < -0.4 is 24.8 Å². The standard InChI is InChI=1S/C20H22Cl2N2O5/c1-27-16-8-13(9-17(28-2)19(16)29-3)20(26)24-11-18(25)23-7-6-12-4-5-14(21)10-15(12)22/h4-5,8-10H,6-7,11H2,1-3H3,(H,23,25)(H,24,26). The van der Waals surface area contributed by atoms with Gasteiger partial charge in [0.15, 0.2) is 11.5 Å². The minimum absolute atomic E-state index is 0.177. The highest BCUT2D eigenvalue weighted by molar-refractivity contribution is 6.35. The summed E-state index contributed by atoms with van der Waals surface area (Å²) in [6.45, 7) is 0.198. The molecule has 0 heterocycles. The molecule has 0 aliphatic rings. The van der Waals surface area contributed by atoms with Crippen LogP contribution in [-0.4, -0.2) is 46.2 Å². The van der Waals surface area contributed by atoms with Crippen LogP contribution in [0, 0.1) is 0 Å². The van der Waals surface area contributed by atoms with Crippen molar-refractivity contribution in [2.45, 2.75) is 6.42 Å². The van der Waals surface area contributed by atoms with Gasteiger partial charge in [0.2, 0.25) is 11.7 Å². The fourth-order valence-corrected chi connectivity index (χ4v) is 3.10. The Labute approximate surface area is 179 Å². The number of rotatable bonds is 9. The first kappa shape index (κ1) is 22.6. The molecular weight excluding hydrogens is 419 g/mol. The molecule has 2 rings (SSSR count). The van der Waals surface area contributed by atoms with Crippen molar-refractivity contribution in [1.82, 2.24) is 10.6 Å². The zero-order chi connectivity index (χ0) is 21.4. The summed E-state index contributed by atoms with van der Waals surface area (Å²) in [5.74, 6) is 0.309. The van der Waals surface area contributed by atoms with E-state index in [4.69, 9.17) is 37.4 Å². The van der Waals surface area contributed by atoms with E-state index in [1.807, 2.05) is 6.07 Å². The predicted octanol–water partition coefficient (Wildman–Crippen LogP) is 3.11. The van der Waals surface area contributed by atoms with Crippen molar-refractivity contribution in [2.75, 3.05) is 34.4 Å². The van der Waals surface area contributed by atoms with E-state index in [2.05, 4.69) is 10.6 Å². The van der Waals surface area contributed by atoms with Gasteiger partial charge in [-0.15, -0.1) is 0 Å². The second-order valence-electron chi connectivity index (χ2n) is 5.93. The number of nitrogens with one attached hydrogen (secondary N) is 2. The maximum Gasteiger partial charge on any atom is 0.251 e. The highest BCUT2D eigenvalue weighted by Crippen LogP contribution is 2.38. The quantitative estimate of drug-likeness (QED) is 0.625. The molecule has 0 fully saturated rings. The molecule has 0 bridgehead atoms. The Hall–Kier alpha value is -2.64. The molecule has 0 aromatic heterocycles. The first-order valence-electron chi connectivity index (χ1n) is 8.68. The number of hydrogen-bond donors (Lipinski definition) is 2. The van der Waals surface area contributed by atoms with Crippen molar-refractivity contribution in [3.05, 3.63) is 51.5 Å². The third kappa shape index (κ3) is 6.17. The van der Waals surface area contributed by atoms with Gasteiger partial charge in [0.25, 0.3) is 5.91 Å². The lowest BCUT2D eigenvalue weighted by molar-refractivity contribution is -0.120. The van der Waals surface area contributed by atoms with Gasteiger partial charge < -0.3 is 24.8 Å². The molecule has 2 amide bonds. The van der Waals surface area contributed by atoms with Gasteiger partial charge in [-0.1, -0.05) is 29.3 Å². The Morgan fingerprint density at radius 2 is 1.59 bits per heavy atom. The van der Waals surface area contributed by atoms with Crippen LogP contribution in [0.5, 0.6) is 17.2 Å². The molecule has 0 saturated heterocycles. The molecule has 2 N–H and O–H groups in total. The molecule has 0 radical (unpaired) electrons. The van der Waals surface area contributed by atoms with Crippen LogP contribution >= 0.6 is 23.2 Å². The first-order chi connectivity index (χ1) is 13.9. The molecule has 0 spiro atoms. The maximum atomic E-state index is 12.4. The molecule has 2 aromatic rings. The summed E-state index contributed by atoms with van der Waals surface area (Å²) in [5, 5.41) is 6.39. The summed E-state index contributed by atoms with van der Waals surface area (Å²) in [4.78, 5) is 24.4. The molecule has 9 heteroatoms. The molecule has 7 nitrogen and oxygen atoms in total.